The SMILES string of the molecule is CCCCNC(=O)CCC(CC)CCCC. The zero-order valence-corrected chi connectivity index (χ0v) is 11.3. The van der Waals surface area contributed by atoms with Gasteiger partial charge < -0.3 is 5.32 Å². The molecule has 0 saturated heterocycles. The Balaban J connectivity index is 3.54. The summed E-state index contributed by atoms with van der Waals surface area (Å²) in [4.78, 5) is 11.5. The quantitative estimate of drug-likeness (QED) is 0.563. The molecule has 16 heavy (non-hydrogen) atoms. The van der Waals surface area contributed by atoms with Gasteiger partial charge in [-0.2, -0.15) is 0 Å². The van der Waals surface area contributed by atoms with Gasteiger partial charge in [0.05, 0.1) is 0 Å². The summed E-state index contributed by atoms with van der Waals surface area (Å²) in [6.07, 6.45) is 9.08. The molecule has 0 aliphatic rings. The molecule has 0 bridgehead atoms. The third-order valence-electron chi connectivity index (χ3n) is 3.18. The number of rotatable bonds is 10. The van der Waals surface area contributed by atoms with Gasteiger partial charge in [0.1, 0.15) is 0 Å². The second-order valence-corrected chi connectivity index (χ2v) is 4.66. The van der Waals surface area contributed by atoms with Crippen LogP contribution in [-0.4, -0.2) is 12.5 Å². The number of nitrogens with one attached hydrogen (secondary N) is 1. The highest BCUT2D eigenvalue weighted by molar-refractivity contribution is 5.75. The van der Waals surface area contributed by atoms with E-state index >= 15 is 0 Å². The zero-order chi connectivity index (χ0) is 12.2. The molecular weight excluding hydrogens is 198 g/mol. The molecule has 2 heteroatoms. The summed E-state index contributed by atoms with van der Waals surface area (Å²) in [5.41, 5.74) is 0. The van der Waals surface area contributed by atoms with Crippen molar-refractivity contribution < 1.29 is 4.79 Å². The van der Waals surface area contributed by atoms with Crippen molar-refractivity contribution in [2.24, 2.45) is 5.92 Å². The van der Waals surface area contributed by atoms with E-state index in [1.54, 1.807) is 0 Å². The van der Waals surface area contributed by atoms with E-state index in [1.165, 1.54) is 25.7 Å². The van der Waals surface area contributed by atoms with Crippen molar-refractivity contribution in [3.05, 3.63) is 0 Å². The lowest BCUT2D eigenvalue weighted by molar-refractivity contribution is -0.121. The van der Waals surface area contributed by atoms with Crippen molar-refractivity contribution in [2.45, 2.75) is 72.1 Å². The van der Waals surface area contributed by atoms with Gasteiger partial charge in [0.15, 0.2) is 0 Å². The fourth-order valence-corrected chi connectivity index (χ4v) is 1.87. The molecule has 0 aliphatic carbocycles. The highest BCUT2D eigenvalue weighted by atomic mass is 16.1. The predicted octanol–water partition coefficient (Wildman–Crippen LogP) is 3.90. The van der Waals surface area contributed by atoms with Crippen LogP contribution in [0.15, 0.2) is 0 Å². The van der Waals surface area contributed by atoms with Crippen LogP contribution in [0.3, 0.4) is 0 Å². The zero-order valence-electron chi connectivity index (χ0n) is 11.3. The second kappa shape index (κ2) is 11.0. The molecule has 0 heterocycles. The average Bonchev–Trinajstić information content (AvgIpc) is 2.30. The Morgan fingerprint density at radius 2 is 1.75 bits per heavy atom. The number of unbranched alkanes of at least 4 members (excludes halogenated alkanes) is 2. The normalized spacial score (nSPS) is 12.4. The van der Waals surface area contributed by atoms with E-state index in [0.29, 0.717) is 6.42 Å². The highest BCUT2D eigenvalue weighted by Gasteiger charge is 2.08. The lowest BCUT2D eigenvalue weighted by atomic mass is 9.94. The van der Waals surface area contributed by atoms with Crippen LogP contribution in [-0.2, 0) is 4.79 Å². The van der Waals surface area contributed by atoms with Crippen LogP contribution in [0.25, 0.3) is 0 Å². The topological polar surface area (TPSA) is 29.1 Å². The molecular formula is C14H29NO. The fourth-order valence-electron chi connectivity index (χ4n) is 1.87. The van der Waals surface area contributed by atoms with Gasteiger partial charge in [-0.05, 0) is 18.8 Å². The largest absolute Gasteiger partial charge is 0.356 e. The Morgan fingerprint density at radius 3 is 2.31 bits per heavy atom. The van der Waals surface area contributed by atoms with E-state index in [-0.39, 0.29) is 5.91 Å². The summed E-state index contributed by atoms with van der Waals surface area (Å²) < 4.78 is 0. The molecule has 0 aromatic rings. The van der Waals surface area contributed by atoms with Gasteiger partial charge in [-0.15, -0.1) is 0 Å². The number of carbonyl (C=O) groups excluding carboxylic acids is 1. The molecule has 0 aliphatic heterocycles. The number of hydrogen-bond acceptors (Lipinski definition) is 1. The van der Waals surface area contributed by atoms with E-state index in [2.05, 4.69) is 26.1 Å². The van der Waals surface area contributed by atoms with Crippen LogP contribution in [0, 0.1) is 5.92 Å². The molecule has 1 atom stereocenters. The van der Waals surface area contributed by atoms with E-state index in [0.717, 1.165) is 31.7 Å². The van der Waals surface area contributed by atoms with Crippen LogP contribution in [0.5, 0.6) is 0 Å². The Morgan fingerprint density at radius 1 is 1.06 bits per heavy atom. The Kier molecular flexibility index (Phi) is 10.6. The van der Waals surface area contributed by atoms with Crippen molar-refractivity contribution in [3.63, 3.8) is 0 Å². The molecule has 0 rings (SSSR count). The summed E-state index contributed by atoms with van der Waals surface area (Å²) in [6, 6.07) is 0. The Labute approximate surface area is 101 Å². The molecule has 1 amide bonds. The molecule has 0 saturated carbocycles. The second-order valence-electron chi connectivity index (χ2n) is 4.66. The highest BCUT2D eigenvalue weighted by Crippen LogP contribution is 2.18. The van der Waals surface area contributed by atoms with E-state index in [1.807, 2.05) is 0 Å². The first kappa shape index (κ1) is 15.5. The molecule has 0 aromatic carbocycles. The molecule has 0 radical (unpaired) electrons. The third kappa shape index (κ3) is 8.75. The first-order valence-corrected chi connectivity index (χ1v) is 7.01. The van der Waals surface area contributed by atoms with Gasteiger partial charge in [0.25, 0.3) is 0 Å². The fraction of sp³-hybridized carbons (Fsp3) is 0.929. The molecule has 0 aromatic heterocycles. The molecule has 1 unspecified atom stereocenters. The molecule has 2 nitrogen and oxygen atoms in total. The summed E-state index contributed by atoms with van der Waals surface area (Å²) >= 11 is 0. The summed E-state index contributed by atoms with van der Waals surface area (Å²) in [7, 11) is 0. The molecule has 1 N–H and O–H groups in total. The molecule has 0 fully saturated rings. The smallest absolute Gasteiger partial charge is 0.220 e. The lowest BCUT2D eigenvalue weighted by Gasteiger charge is -2.13. The van der Waals surface area contributed by atoms with Crippen LogP contribution in [0.4, 0.5) is 0 Å². The standard InChI is InChI=1S/C14H29NO/c1-4-7-9-13(6-3)10-11-14(16)15-12-8-5-2/h13H,4-12H2,1-3H3,(H,15,16). The maximum absolute atomic E-state index is 11.5. The van der Waals surface area contributed by atoms with Crippen molar-refractivity contribution in [1.29, 1.82) is 0 Å². The maximum atomic E-state index is 11.5. The number of hydrogen-bond donors (Lipinski definition) is 1. The number of amides is 1. The minimum Gasteiger partial charge on any atom is -0.356 e. The maximum Gasteiger partial charge on any atom is 0.220 e. The van der Waals surface area contributed by atoms with Crippen LogP contribution < -0.4 is 5.32 Å². The third-order valence-corrected chi connectivity index (χ3v) is 3.18. The van der Waals surface area contributed by atoms with Gasteiger partial charge in [0.2, 0.25) is 5.91 Å². The van der Waals surface area contributed by atoms with E-state index < -0.39 is 0 Å². The number of carbonyl (C=O) groups is 1. The minimum absolute atomic E-state index is 0.239. The van der Waals surface area contributed by atoms with Gasteiger partial charge in [0, 0.05) is 13.0 Å². The van der Waals surface area contributed by atoms with Gasteiger partial charge in [-0.1, -0.05) is 52.9 Å². The van der Waals surface area contributed by atoms with Crippen molar-refractivity contribution >= 4 is 5.91 Å². The monoisotopic (exact) mass is 227 g/mol. The van der Waals surface area contributed by atoms with Crippen molar-refractivity contribution in [3.8, 4) is 0 Å². The summed E-state index contributed by atoms with van der Waals surface area (Å²) in [5.74, 6) is 0.986. The molecule has 0 spiro atoms. The van der Waals surface area contributed by atoms with E-state index in [4.69, 9.17) is 0 Å². The van der Waals surface area contributed by atoms with E-state index in [9.17, 15) is 4.79 Å². The van der Waals surface area contributed by atoms with Gasteiger partial charge in [-0.3, -0.25) is 4.79 Å². The van der Waals surface area contributed by atoms with Gasteiger partial charge in [-0.25, -0.2) is 0 Å². The lowest BCUT2D eigenvalue weighted by Crippen LogP contribution is -2.24. The summed E-state index contributed by atoms with van der Waals surface area (Å²) in [5, 5.41) is 2.98. The Bertz CT molecular complexity index is 168. The summed E-state index contributed by atoms with van der Waals surface area (Å²) in [6.45, 7) is 7.45. The van der Waals surface area contributed by atoms with Crippen LogP contribution in [0.2, 0.25) is 0 Å². The van der Waals surface area contributed by atoms with Crippen LogP contribution >= 0.6 is 0 Å². The minimum atomic E-state index is 0.239. The van der Waals surface area contributed by atoms with Crippen molar-refractivity contribution in [2.75, 3.05) is 6.54 Å². The Hall–Kier alpha value is -0.530. The predicted molar refractivity (Wildman–Crippen MR) is 70.5 cm³/mol. The molecule has 96 valence electrons. The van der Waals surface area contributed by atoms with Crippen LogP contribution in [0.1, 0.15) is 72.1 Å². The van der Waals surface area contributed by atoms with Crippen molar-refractivity contribution in [1.82, 2.24) is 5.32 Å². The first-order chi connectivity index (χ1) is 7.74. The van der Waals surface area contributed by atoms with Gasteiger partial charge >= 0.3 is 0 Å². The average molecular weight is 227 g/mol. The first-order valence-electron chi connectivity index (χ1n) is 7.01.